The molecule has 10 heteroatoms. The van der Waals surface area contributed by atoms with Crippen LogP contribution in [0.3, 0.4) is 0 Å². The lowest BCUT2D eigenvalue weighted by atomic mass is 9.95. The van der Waals surface area contributed by atoms with E-state index in [-0.39, 0.29) is 28.9 Å². The highest BCUT2D eigenvalue weighted by Gasteiger charge is 2.25. The molecule has 0 spiro atoms. The number of hydrogen-bond acceptors (Lipinski definition) is 7. The molecule has 2 aliphatic rings. The van der Waals surface area contributed by atoms with E-state index in [0.717, 1.165) is 24.3 Å². The number of nitrogen functional groups attached to an aromatic ring is 1. The molecule has 0 bridgehead atoms. The van der Waals surface area contributed by atoms with Crippen LogP contribution in [-0.2, 0) is 17.7 Å². The van der Waals surface area contributed by atoms with E-state index in [4.69, 9.17) is 10.5 Å². The van der Waals surface area contributed by atoms with Gasteiger partial charge in [-0.25, -0.2) is 9.37 Å². The maximum atomic E-state index is 15.1. The molecule has 37 heavy (non-hydrogen) atoms. The maximum absolute atomic E-state index is 15.1. The molecule has 1 atom stereocenters. The van der Waals surface area contributed by atoms with Gasteiger partial charge in [-0.3, -0.25) is 4.79 Å². The molecule has 1 saturated heterocycles. The number of nitrogens with two attached hydrogens (primary N) is 1. The fourth-order valence-corrected chi connectivity index (χ4v) is 5.02. The third-order valence-electron chi connectivity index (χ3n) is 6.65. The molecule has 0 saturated carbocycles. The van der Waals surface area contributed by atoms with Crippen LogP contribution in [0.25, 0.3) is 22.5 Å². The van der Waals surface area contributed by atoms with E-state index >= 15 is 4.39 Å². The molecule has 0 radical (unpaired) electrons. The Morgan fingerprint density at radius 2 is 1.97 bits per heavy atom. The van der Waals surface area contributed by atoms with Crippen LogP contribution in [0.4, 0.5) is 20.3 Å². The molecule has 3 aromatic rings. The Labute approximate surface area is 214 Å². The summed E-state index contributed by atoms with van der Waals surface area (Å²) in [5.41, 5.74) is 9.80. The van der Waals surface area contributed by atoms with Gasteiger partial charge in [0.05, 0.1) is 18.3 Å². The summed E-state index contributed by atoms with van der Waals surface area (Å²) in [6.45, 7) is 5.28. The van der Waals surface area contributed by atoms with Crippen LogP contribution < -0.4 is 16.0 Å². The number of morpholine rings is 1. The minimum atomic E-state index is -0.803. The number of aromatic nitrogens is 2. The molecule has 2 aliphatic heterocycles. The number of fused-ring (bicyclic) bond motifs is 1. The van der Waals surface area contributed by atoms with Gasteiger partial charge in [0.2, 0.25) is 5.95 Å². The van der Waals surface area contributed by atoms with Gasteiger partial charge in [0.1, 0.15) is 17.2 Å². The van der Waals surface area contributed by atoms with Crippen LogP contribution in [0.2, 0.25) is 0 Å². The van der Waals surface area contributed by atoms with Crippen molar-refractivity contribution in [3.05, 3.63) is 58.8 Å². The van der Waals surface area contributed by atoms with Gasteiger partial charge in [0.25, 0.3) is 5.91 Å². The molecular formula is C27H30F2N6O2. The first kappa shape index (κ1) is 25.0. The third kappa shape index (κ3) is 4.99. The van der Waals surface area contributed by atoms with Crippen LogP contribution in [0, 0.1) is 11.8 Å². The van der Waals surface area contributed by atoms with Crippen LogP contribution in [-0.4, -0.2) is 67.2 Å². The summed E-state index contributed by atoms with van der Waals surface area (Å²) in [6.07, 6.45) is 0.592. The van der Waals surface area contributed by atoms with Crippen molar-refractivity contribution in [2.75, 3.05) is 51.0 Å². The van der Waals surface area contributed by atoms with E-state index < -0.39 is 17.7 Å². The number of anilines is 2. The number of ether oxygens (including phenoxy) is 1. The number of carbonyl (C=O) groups excluding carboxylic acids is 1. The number of nitrogens with one attached hydrogen (secondary N) is 1. The van der Waals surface area contributed by atoms with Crippen molar-refractivity contribution in [3.8, 4) is 22.5 Å². The zero-order valence-electron chi connectivity index (χ0n) is 21.1. The SMILES string of the molecule is C[C@H]1CN(c2ccc(-c3nc(-c4cc(F)c5c(c4)CCNC5=O)c(N)nc3F)cc2CN(C)C)CCO1. The standard InChI is InChI=1S/C27H30F2N6O2/c1-15-13-35(8-9-37-15)21-5-4-17(11-19(21)14-34(2)3)23-25(29)33-26(30)24(32-23)18-10-16-6-7-31-27(36)22(16)20(28)12-18/h4-5,10-12,15H,6-9,13-14H2,1-3H3,(H2,30,33)(H,31,36)/t15-/m0/s1. The van der Waals surface area contributed by atoms with Crippen molar-refractivity contribution in [1.29, 1.82) is 0 Å². The minimum Gasteiger partial charge on any atom is -0.382 e. The monoisotopic (exact) mass is 508 g/mol. The average molecular weight is 509 g/mol. The second kappa shape index (κ2) is 10.0. The first-order valence-electron chi connectivity index (χ1n) is 12.3. The predicted molar refractivity (Wildman–Crippen MR) is 138 cm³/mol. The van der Waals surface area contributed by atoms with Gasteiger partial charge in [-0.1, -0.05) is 6.07 Å². The maximum Gasteiger partial charge on any atom is 0.254 e. The Morgan fingerprint density at radius 3 is 2.73 bits per heavy atom. The summed E-state index contributed by atoms with van der Waals surface area (Å²) in [7, 11) is 3.95. The number of hydrogen-bond donors (Lipinski definition) is 2. The van der Waals surface area contributed by atoms with Crippen molar-refractivity contribution in [1.82, 2.24) is 20.2 Å². The fourth-order valence-electron chi connectivity index (χ4n) is 5.02. The Bertz CT molecular complexity index is 1360. The first-order chi connectivity index (χ1) is 17.7. The lowest BCUT2D eigenvalue weighted by Crippen LogP contribution is -2.41. The van der Waals surface area contributed by atoms with E-state index in [2.05, 4.69) is 25.1 Å². The van der Waals surface area contributed by atoms with Gasteiger partial charge < -0.3 is 25.6 Å². The van der Waals surface area contributed by atoms with Gasteiger partial charge in [0, 0.05) is 43.0 Å². The molecule has 3 N–H and O–H groups in total. The molecule has 1 aromatic heterocycles. The Hall–Kier alpha value is -3.63. The van der Waals surface area contributed by atoms with E-state index in [1.54, 1.807) is 6.07 Å². The van der Waals surface area contributed by atoms with Crippen molar-refractivity contribution in [2.45, 2.75) is 26.0 Å². The molecular weight excluding hydrogens is 478 g/mol. The highest BCUT2D eigenvalue weighted by Crippen LogP contribution is 2.34. The largest absolute Gasteiger partial charge is 0.382 e. The number of nitrogens with zero attached hydrogens (tertiary/aromatic N) is 4. The first-order valence-corrected chi connectivity index (χ1v) is 12.3. The van der Waals surface area contributed by atoms with Crippen LogP contribution in [0.15, 0.2) is 30.3 Å². The van der Waals surface area contributed by atoms with Crippen molar-refractivity contribution < 1.29 is 18.3 Å². The van der Waals surface area contributed by atoms with Crippen LogP contribution in [0.5, 0.6) is 0 Å². The van der Waals surface area contributed by atoms with E-state index in [9.17, 15) is 9.18 Å². The van der Waals surface area contributed by atoms with Gasteiger partial charge in [-0.2, -0.15) is 9.37 Å². The summed E-state index contributed by atoms with van der Waals surface area (Å²) in [6, 6.07) is 8.59. The topological polar surface area (TPSA) is 96.6 Å². The van der Waals surface area contributed by atoms with Gasteiger partial charge in [-0.15, -0.1) is 0 Å². The van der Waals surface area contributed by atoms with Crippen molar-refractivity contribution in [3.63, 3.8) is 0 Å². The van der Waals surface area contributed by atoms with Crippen LogP contribution >= 0.6 is 0 Å². The second-order valence-electron chi connectivity index (χ2n) is 9.80. The lowest BCUT2D eigenvalue weighted by Gasteiger charge is -2.34. The molecule has 194 valence electrons. The van der Waals surface area contributed by atoms with Gasteiger partial charge in [-0.05, 0) is 62.8 Å². The lowest BCUT2D eigenvalue weighted by molar-refractivity contribution is 0.0531. The smallest absolute Gasteiger partial charge is 0.254 e. The summed E-state index contributed by atoms with van der Waals surface area (Å²) < 4.78 is 35.7. The number of rotatable bonds is 5. The third-order valence-corrected chi connectivity index (χ3v) is 6.65. The predicted octanol–water partition coefficient (Wildman–Crippen LogP) is 3.24. The number of benzene rings is 2. The van der Waals surface area contributed by atoms with E-state index in [1.165, 1.54) is 6.07 Å². The number of halogens is 2. The van der Waals surface area contributed by atoms with Gasteiger partial charge >= 0.3 is 0 Å². The highest BCUT2D eigenvalue weighted by molar-refractivity contribution is 5.97. The molecule has 1 fully saturated rings. The van der Waals surface area contributed by atoms with Crippen molar-refractivity contribution in [2.24, 2.45) is 0 Å². The fraction of sp³-hybridized carbons (Fsp3) is 0.370. The normalized spacial score (nSPS) is 17.6. The average Bonchev–Trinajstić information content (AvgIpc) is 2.83. The molecule has 5 rings (SSSR count). The molecule has 1 amide bonds. The molecule has 8 nitrogen and oxygen atoms in total. The summed E-state index contributed by atoms with van der Waals surface area (Å²) in [5.74, 6) is -2.07. The molecule has 0 aliphatic carbocycles. The Morgan fingerprint density at radius 1 is 1.16 bits per heavy atom. The van der Waals surface area contributed by atoms with E-state index in [0.29, 0.717) is 42.8 Å². The van der Waals surface area contributed by atoms with Crippen molar-refractivity contribution >= 4 is 17.4 Å². The summed E-state index contributed by atoms with van der Waals surface area (Å²) in [4.78, 5) is 24.9. The number of amides is 1. The van der Waals surface area contributed by atoms with Gasteiger partial charge in [0.15, 0.2) is 5.82 Å². The second-order valence-corrected chi connectivity index (χ2v) is 9.80. The summed E-state index contributed by atoms with van der Waals surface area (Å²) >= 11 is 0. The summed E-state index contributed by atoms with van der Waals surface area (Å²) in [5, 5.41) is 2.64. The Balaban J connectivity index is 1.58. The highest BCUT2D eigenvalue weighted by atomic mass is 19.1. The molecule has 3 heterocycles. The Kier molecular flexibility index (Phi) is 6.78. The molecule has 0 unspecified atom stereocenters. The molecule has 2 aromatic carbocycles. The minimum absolute atomic E-state index is 0.0187. The van der Waals surface area contributed by atoms with E-state index in [1.807, 2.05) is 39.2 Å². The zero-order chi connectivity index (χ0) is 26.3. The van der Waals surface area contributed by atoms with Crippen LogP contribution in [0.1, 0.15) is 28.4 Å². The zero-order valence-corrected chi connectivity index (χ0v) is 21.1. The number of carbonyl (C=O) groups is 1. The quantitative estimate of drug-likeness (QED) is 0.546.